The molecule has 2 aliphatic rings. The summed E-state index contributed by atoms with van der Waals surface area (Å²) in [5.41, 5.74) is 0.480. The number of piperidine rings is 1. The van der Waals surface area contributed by atoms with E-state index in [0.717, 1.165) is 25.9 Å². The zero-order valence-corrected chi connectivity index (χ0v) is 15.8. The molecule has 0 aromatic heterocycles. The summed E-state index contributed by atoms with van der Waals surface area (Å²) >= 11 is 0. The molecule has 2 fully saturated rings. The van der Waals surface area contributed by atoms with Gasteiger partial charge in [-0.05, 0) is 38.9 Å². The van der Waals surface area contributed by atoms with Gasteiger partial charge >= 0.3 is 0 Å². The van der Waals surface area contributed by atoms with Crippen molar-refractivity contribution in [2.75, 3.05) is 39.4 Å². The number of rotatable bonds is 5. The van der Waals surface area contributed by atoms with Gasteiger partial charge in [-0.2, -0.15) is 0 Å². The van der Waals surface area contributed by atoms with Gasteiger partial charge in [0.25, 0.3) is 0 Å². The van der Waals surface area contributed by atoms with Crippen molar-refractivity contribution >= 4 is 11.8 Å². The zero-order chi connectivity index (χ0) is 19.2. The largest absolute Gasteiger partial charge is 0.378 e. The van der Waals surface area contributed by atoms with Crippen LogP contribution >= 0.6 is 0 Å². The van der Waals surface area contributed by atoms with E-state index < -0.39 is 0 Å². The molecule has 7 heteroatoms. The van der Waals surface area contributed by atoms with Crippen molar-refractivity contribution in [2.45, 2.75) is 32.4 Å². The third-order valence-corrected chi connectivity index (χ3v) is 5.54. The van der Waals surface area contributed by atoms with Crippen LogP contribution in [0.4, 0.5) is 4.39 Å². The van der Waals surface area contributed by atoms with E-state index in [4.69, 9.17) is 4.74 Å². The number of hydrogen-bond acceptors (Lipinski definition) is 4. The van der Waals surface area contributed by atoms with Gasteiger partial charge in [-0.25, -0.2) is 4.39 Å². The topological polar surface area (TPSA) is 61.9 Å². The van der Waals surface area contributed by atoms with E-state index in [1.165, 1.54) is 6.07 Å². The third-order valence-electron chi connectivity index (χ3n) is 5.54. The highest BCUT2D eigenvalue weighted by Crippen LogP contribution is 2.22. The monoisotopic (exact) mass is 377 g/mol. The van der Waals surface area contributed by atoms with Crippen molar-refractivity contribution in [1.29, 1.82) is 0 Å². The smallest absolute Gasteiger partial charge is 0.237 e. The second-order valence-electron chi connectivity index (χ2n) is 7.23. The van der Waals surface area contributed by atoms with E-state index in [1.54, 1.807) is 18.2 Å². The zero-order valence-electron chi connectivity index (χ0n) is 15.8. The van der Waals surface area contributed by atoms with Crippen molar-refractivity contribution in [2.24, 2.45) is 5.92 Å². The number of nitrogens with zero attached hydrogens (tertiary/aromatic N) is 2. The molecular weight excluding hydrogens is 349 g/mol. The molecule has 2 saturated heterocycles. The molecule has 2 aliphatic heterocycles. The van der Waals surface area contributed by atoms with Crippen LogP contribution in [0.3, 0.4) is 0 Å². The number of ether oxygens (including phenoxy) is 1. The number of carbonyl (C=O) groups is 2. The highest BCUT2D eigenvalue weighted by atomic mass is 19.1. The molecule has 1 N–H and O–H groups in total. The standard InChI is InChI=1S/C20H28FN3O3/c1-15(19(25)22-14-17-4-2-3-5-18(17)21)23-8-6-16(7-9-23)20(26)24-10-12-27-13-11-24/h2-5,15-16H,6-14H2,1H3,(H,22,25). The molecule has 0 radical (unpaired) electrons. The first-order valence-electron chi connectivity index (χ1n) is 9.68. The molecule has 27 heavy (non-hydrogen) atoms. The first-order chi connectivity index (χ1) is 13.1. The summed E-state index contributed by atoms with van der Waals surface area (Å²) in [6.45, 7) is 6.06. The van der Waals surface area contributed by atoms with E-state index in [1.807, 2.05) is 11.8 Å². The molecule has 0 bridgehead atoms. The minimum atomic E-state index is -0.312. The fourth-order valence-electron chi connectivity index (χ4n) is 3.71. The van der Waals surface area contributed by atoms with Crippen molar-refractivity contribution in [3.05, 3.63) is 35.6 Å². The van der Waals surface area contributed by atoms with Crippen LogP contribution in [0, 0.1) is 11.7 Å². The maximum Gasteiger partial charge on any atom is 0.237 e. The highest BCUT2D eigenvalue weighted by Gasteiger charge is 2.32. The third kappa shape index (κ3) is 5.05. The Morgan fingerprint density at radius 2 is 1.85 bits per heavy atom. The number of halogens is 1. The quantitative estimate of drug-likeness (QED) is 0.843. The number of amides is 2. The number of hydrogen-bond donors (Lipinski definition) is 1. The Labute approximate surface area is 159 Å². The number of morpholine rings is 1. The van der Waals surface area contributed by atoms with Crippen LogP contribution < -0.4 is 5.32 Å². The Morgan fingerprint density at radius 1 is 1.19 bits per heavy atom. The SMILES string of the molecule is CC(C(=O)NCc1ccccc1F)N1CCC(C(=O)N2CCOCC2)CC1. The van der Waals surface area contributed by atoms with Crippen molar-refractivity contribution in [1.82, 2.24) is 15.1 Å². The van der Waals surface area contributed by atoms with E-state index in [0.29, 0.717) is 31.9 Å². The molecule has 2 heterocycles. The number of benzene rings is 1. The molecule has 6 nitrogen and oxygen atoms in total. The molecule has 1 unspecified atom stereocenters. The first kappa shape index (κ1) is 19.8. The number of nitrogens with one attached hydrogen (secondary N) is 1. The maximum absolute atomic E-state index is 13.7. The molecular formula is C20H28FN3O3. The second-order valence-corrected chi connectivity index (χ2v) is 7.23. The molecule has 0 spiro atoms. The fourth-order valence-corrected chi connectivity index (χ4v) is 3.71. The Balaban J connectivity index is 1.44. The minimum Gasteiger partial charge on any atom is -0.378 e. The van der Waals surface area contributed by atoms with Gasteiger partial charge in [-0.1, -0.05) is 18.2 Å². The summed E-state index contributed by atoms with van der Waals surface area (Å²) in [4.78, 5) is 29.0. The lowest BCUT2D eigenvalue weighted by molar-refractivity contribution is -0.141. The van der Waals surface area contributed by atoms with Gasteiger partial charge in [-0.3, -0.25) is 14.5 Å². The van der Waals surface area contributed by atoms with Crippen molar-refractivity contribution < 1.29 is 18.7 Å². The van der Waals surface area contributed by atoms with Crippen LogP contribution in [-0.4, -0.2) is 67.0 Å². The summed E-state index contributed by atoms with van der Waals surface area (Å²) in [6, 6.07) is 6.15. The summed E-state index contributed by atoms with van der Waals surface area (Å²) in [7, 11) is 0. The summed E-state index contributed by atoms with van der Waals surface area (Å²) in [5, 5.41) is 2.81. The predicted octanol–water partition coefficient (Wildman–Crippen LogP) is 1.40. The Morgan fingerprint density at radius 3 is 2.52 bits per heavy atom. The summed E-state index contributed by atoms with van der Waals surface area (Å²) in [6.07, 6.45) is 1.53. The minimum absolute atomic E-state index is 0.0352. The number of likely N-dealkylation sites (tertiary alicyclic amines) is 1. The van der Waals surface area contributed by atoms with Crippen molar-refractivity contribution in [3.8, 4) is 0 Å². The van der Waals surface area contributed by atoms with Crippen molar-refractivity contribution in [3.63, 3.8) is 0 Å². The van der Waals surface area contributed by atoms with Crippen LogP contribution in [-0.2, 0) is 20.9 Å². The van der Waals surface area contributed by atoms with Gasteiger partial charge in [0, 0.05) is 31.1 Å². The molecule has 3 rings (SSSR count). The normalized spacial score (nSPS) is 20.3. The van der Waals surface area contributed by atoms with Crippen LogP contribution in [0.25, 0.3) is 0 Å². The molecule has 1 aromatic carbocycles. The second kappa shape index (κ2) is 9.28. The van der Waals surface area contributed by atoms with E-state index >= 15 is 0 Å². The number of carbonyl (C=O) groups excluding carboxylic acids is 2. The van der Waals surface area contributed by atoms with Crippen LogP contribution in [0.5, 0.6) is 0 Å². The van der Waals surface area contributed by atoms with Gasteiger partial charge in [0.05, 0.1) is 19.3 Å². The van der Waals surface area contributed by atoms with Crippen LogP contribution in [0.1, 0.15) is 25.3 Å². The average Bonchev–Trinajstić information content (AvgIpc) is 2.72. The Bertz CT molecular complexity index is 656. The van der Waals surface area contributed by atoms with Gasteiger partial charge in [0.1, 0.15) is 5.82 Å². The van der Waals surface area contributed by atoms with Gasteiger partial charge in [0.2, 0.25) is 11.8 Å². The van der Waals surface area contributed by atoms with Crippen LogP contribution in [0.2, 0.25) is 0 Å². The molecule has 1 atom stereocenters. The molecule has 148 valence electrons. The lowest BCUT2D eigenvalue weighted by atomic mass is 9.94. The van der Waals surface area contributed by atoms with Gasteiger partial charge < -0.3 is 15.0 Å². The van der Waals surface area contributed by atoms with Gasteiger partial charge in [0.15, 0.2) is 0 Å². The lowest BCUT2D eigenvalue weighted by Gasteiger charge is -2.37. The molecule has 0 saturated carbocycles. The van der Waals surface area contributed by atoms with E-state index in [-0.39, 0.29) is 36.1 Å². The lowest BCUT2D eigenvalue weighted by Crippen LogP contribution is -2.51. The fraction of sp³-hybridized carbons (Fsp3) is 0.600. The summed E-state index contributed by atoms with van der Waals surface area (Å²) in [5.74, 6) is -0.174. The van der Waals surface area contributed by atoms with E-state index in [2.05, 4.69) is 10.2 Å². The van der Waals surface area contributed by atoms with Crippen LogP contribution in [0.15, 0.2) is 24.3 Å². The Kier molecular flexibility index (Phi) is 6.79. The van der Waals surface area contributed by atoms with E-state index in [9.17, 15) is 14.0 Å². The van der Waals surface area contributed by atoms with Gasteiger partial charge in [-0.15, -0.1) is 0 Å². The average molecular weight is 377 g/mol. The molecule has 2 amide bonds. The predicted molar refractivity (Wildman–Crippen MR) is 99.4 cm³/mol. The first-order valence-corrected chi connectivity index (χ1v) is 9.68. The molecule has 1 aromatic rings. The highest BCUT2D eigenvalue weighted by molar-refractivity contribution is 5.81. The maximum atomic E-state index is 13.7. The molecule has 0 aliphatic carbocycles. The Hall–Kier alpha value is -1.99. The summed E-state index contributed by atoms with van der Waals surface area (Å²) < 4.78 is 19.0.